The highest BCUT2D eigenvalue weighted by Gasteiger charge is 2.04. The molecule has 2 aromatic carbocycles. The number of hydrogen-bond donors (Lipinski definition) is 2. The van der Waals surface area contributed by atoms with Crippen molar-refractivity contribution in [1.82, 2.24) is 0 Å². The smallest absolute Gasteiger partial charge is 0.131 e. The fourth-order valence-electron chi connectivity index (χ4n) is 1.51. The Hall–Kier alpha value is -2.10. The third-order valence-electron chi connectivity index (χ3n) is 2.45. The van der Waals surface area contributed by atoms with Gasteiger partial charge in [-0.3, -0.25) is 0 Å². The fourth-order valence-corrected chi connectivity index (χ4v) is 1.51. The van der Waals surface area contributed by atoms with Crippen molar-refractivity contribution in [2.75, 3.05) is 11.1 Å². The molecule has 0 atom stereocenters. The number of halogens is 2. The van der Waals surface area contributed by atoms with Gasteiger partial charge in [-0.1, -0.05) is 18.2 Å². The zero-order valence-electron chi connectivity index (χ0n) is 9.08. The normalized spacial score (nSPS) is 10.2. The van der Waals surface area contributed by atoms with Crippen molar-refractivity contribution in [2.24, 2.45) is 0 Å². The van der Waals surface area contributed by atoms with Crippen molar-refractivity contribution >= 4 is 11.4 Å². The zero-order chi connectivity index (χ0) is 12.3. The summed E-state index contributed by atoms with van der Waals surface area (Å²) in [5.41, 5.74) is 7.45. The van der Waals surface area contributed by atoms with Crippen LogP contribution in [0, 0.1) is 11.6 Å². The van der Waals surface area contributed by atoms with Gasteiger partial charge in [0.15, 0.2) is 0 Å². The van der Waals surface area contributed by atoms with Gasteiger partial charge in [0.1, 0.15) is 11.6 Å². The number of nitrogen functional groups attached to an aromatic ring is 1. The van der Waals surface area contributed by atoms with Gasteiger partial charge in [0.05, 0.1) is 11.4 Å². The fraction of sp³-hybridized carbons (Fsp3) is 0.0769. The van der Waals surface area contributed by atoms with E-state index >= 15 is 0 Å². The van der Waals surface area contributed by atoms with Crippen molar-refractivity contribution in [2.45, 2.75) is 6.54 Å². The summed E-state index contributed by atoms with van der Waals surface area (Å²) in [6.45, 7) is 0.264. The summed E-state index contributed by atoms with van der Waals surface area (Å²) in [5.74, 6) is -1.14. The van der Waals surface area contributed by atoms with Crippen molar-refractivity contribution < 1.29 is 8.78 Å². The molecule has 2 nitrogen and oxygen atoms in total. The summed E-state index contributed by atoms with van der Waals surface area (Å²) in [7, 11) is 0. The largest absolute Gasteiger partial charge is 0.397 e. The molecule has 17 heavy (non-hydrogen) atoms. The second-order valence-electron chi connectivity index (χ2n) is 3.68. The molecule has 0 saturated heterocycles. The number of benzene rings is 2. The molecule has 0 aliphatic rings. The summed E-state index contributed by atoms with van der Waals surface area (Å²) in [6.07, 6.45) is 0. The highest BCUT2D eigenvalue weighted by Crippen LogP contribution is 2.18. The number of para-hydroxylation sites is 2. The molecule has 4 heteroatoms. The Morgan fingerprint density at radius 2 is 1.82 bits per heavy atom. The Bertz CT molecular complexity index is 527. The van der Waals surface area contributed by atoms with Crippen LogP contribution in [-0.4, -0.2) is 0 Å². The van der Waals surface area contributed by atoms with E-state index in [9.17, 15) is 8.78 Å². The van der Waals surface area contributed by atoms with Gasteiger partial charge in [0.25, 0.3) is 0 Å². The zero-order valence-corrected chi connectivity index (χ0v) is 9.08. The molecular weight excluding hydrogens is 222 g/mol. The predicted molar refractivity (Wildman–Crippen MR) is 64.5 cm³/mol. The lowest BCUT2D eigenvalue weighted by atomic mass is 10.2. The summed E-state index contributed by atoms with van der Waals surface area (Å²) >= 11 is 0. The molecule has 3 N–H and O–H groups in total. The monoisotopic (exact) mass is 234 g/mol. The van der Waals surface area contributed by atoms with Gasteiger partial charge in [-0.25, -0.2) is 8.78 Å². The van der Waals surface area contributed by atoms with E-state index in [2.05, 4.69) is 5.32 Å². The van der Waals surface area contributed by atoms with Crippen molar-refractivity contribution in [1.29, 1.82) is 0 Å². The molecule has 0 amide bonds. The van der Waals surface area contributed by atoms with Gasteiger partial charge in [0.2, 0.25) is 0 Å². The first-order chi connectivity index (χ1) is 8.16. The Labute approximate surface area is 98.1 Å². The van der Waals surface area contributed by atoms with E-state index in [1.807, 2.05) is 12.1 Å². The van der Waals surface area contributed by atoms with Crippen molar-refractivity contribution in [3.05, 3.63) is 59.7 Å². The summed E-state index contributed by atoms with van der Waals surface area (Å²) in [4.78, 5) is 0. The molecule has 0 spiro atoms. The Morgan fingerprint density at radius 1 is 1.06 bits per heavy atom. The van der Waals surface area contributed by atoms with E-state index in [4.69, 9.17) is 5.73 Å². The first kappa shape index (κ1) is 11.4. The van der Waals surface area contributed by atoms with Gasteiger partial charge in [0, 0.05) is 18.2 Å². The molecule has 0 unspecified atom stereocenters. The van der Waals surface area contributed by atoms with Crippen molar-refractivity contribution in [3.63, 3.8) is 0 Å². The summed E-state index contributed by atoms with van der Waals surface area (Å²) in [5, 5.41) is 3.00. The third kappa shape index (κ3) is 2.72. The molecule has 88 valence electrons. The lowest BCUT2D eigenvalue weighted by molar-refractivity contribution is 0.574. The molecule has 0 fully saturated rings. The van der Waals surface area contributed by atoms with E-state index in [0.717, 1.165) is 11.8 Å². The summed E-state index contributed by atoms with van der Waals surface area (Å²) in [6, 6.07) is 10.7. The number of nitrogens with one attached hydrogen (secondary N) is 1. The minimum absolute atomic E-state index is 0.264. The van der Waals surface area contributed by atoms with Gasteiger partial charge >= 0.3 is 0 Å². The number of nitrogens with two attached hydrogens (primary N) is 1. The summed E-state index contributed by atoms with van der Waals surface area (Å²) < 4.78 is 26.0. The second-order valence-corrected chi connectivity index (χ2v) is 3.68. The van der Waals surface area contributed by atoms with E-state index < -0.39 is 11.6 Å². The Balaban J connectivity index is 2.10. The maximum Gasteiger partial charge on any atom is 0.131 e. The predicted octanol–water partition coefficient (Wildman–Crippen LogP) is 3.16. The van der Waals surface area contributed by atoms with Crippen LogP contribution in [0.1, 0.15) is 5.56 Å². The lowest BCUT2D eigenvalue weighted by Crippen LogP contribution is -2.04. The quantitative estimate of drug-likeness (QED) is 0.800. The first-order valence-electron chi connectivity index (χ1n) is 5.19. The van der Waals surface area contributed by atoms with E-state index in [0.29, 0.717) is 11.3 Å². The highest BCUT2D eigenvalue weighted by atomic mass is 19.1. The van der Waals surface area contributed by atoms with Crippen LogP contribution in [0.5, 0.6) is 0 Å². The van der Waals surface area contributed by atoms with Crippen LogP contribution in [0.25, 0.3) is 0 Å². The van der Waals surface area contributed by atoms with Crippen LogP contribution in [0.2, 0.25) is 0 Å². The second kappa shape index (κ2) is 4.82. The van der Waals surface area contributed by atoms with Crippen LogP contribution in [-0.2, 0) is 6.54 Å². The number of hydrogen-bond acceptors (Lipinski definition) is 2. The van der Waals surface area contributed by atoms with E-state index in [-0.39, 0.29) is 6.54 Å². The molecule has 0 bridgehead atoms. The molecule has 2 rings (SSSR count). The minimum Gasteiger partial charge on any atom is -0.397 e. The Morgan fingerprint density at radius 3 is 2.53 bits per heavy atom. The highest BCUT2D eigenvalue weighted by molar-refractivity contribution is 5.65. The molecule has 2 aromatic rings. The number of rotatable bonds is 3. The maximum atomic E-state index is 13.3. The van der Waals surface area contributed by atoms with E-state index in [1.54, 1.807) is 12.1 Å². The molecule has 0 heterocycles. The average molecular weight is 234 g/mol. The van der Waals surface area contributed by atoms with Crippen LogP contribution in [0.4, 0.5) is 20.2 Å². The van der Waals surface area contributed by atoms with Crippen LogP contribution >= 0.6 is 0 Å². The van der Waals surface area contributed by atoms with Crippen molar-refractivity contribution in [3.8, 4) is 0 Å². The molecule has 0 aliphatic heterocycles. The van der Waals surface area contributed by atoms with Crippen LogP contribution < -0.4 is 11.1 Å². The Kier molecular flexibility index (Phi) is 3.23. The van der Waals surface area contributed by atoms with E-state index in [1.165, 1.54) is 12.1 Å². The molecule has 0 aliphatic carbocycles. The van der Waals surface area contributed by atoms with Crippen LogP contribution in [0.15, 0.2) is 42.5 Å². The lowest BCUT2D eigenvalue weighted by Gasteiger charge is -2.09. The molecule has 0 radical (unpaired) electrons. The van der Waals surface area contributed by atoms with Gasteiger partial charge < -0.3 is 11.1 Å². The van der Waals surface area contributed by atoms with Gasteiger partial charge in [-0.05, 0) is 18.2 Å². The third-order valence-corrected chi connectivity index (χ3v) is 2.45. The van der Waals surface area contributed by atoms with Gasteiger partial charge in [-0.2, -0.15) is 0 Å². The molecular formula is C13H12F2N2. The first-order valence-corrected chi connectivity index (χ1v) is 5.19. The molecule has 0 aromatic heterocycles. The SMILES string of the molecule is Nc1ccccc1NCc1ccc(F)cc1F. The van der Waals surface area contributed by atoms with Crippen LogP contribution in [0.3, 0.4) is 0 Å². The van der Waals surface area contributed by atoms with Gasteiger partial charge in [-0.15, -0.1) is 0 Å². The molecule has 0 saturated carbocycles. The maximum absolute atomic E-state index is 13.3. The average Bonchev–Trinajstić information content (AvgIpc) is 2.30. The topological polar surface area (TPSA) is 38.0 Å². The number of anilines is 2. The minimum atomic E-state index is -0.578. The standard InChI is InChI=1S/C13H12F2N2/c14-10-6-5-9(11(15)7-10)8-17-13-4-2-1-3-12(13)16/h1-7,17H,8,16H2.